The molecule has 5 heteroatoms. The summed E-state index contributed by atoms with van der Waals surface area (Å²) in [5.41, 5.74) is 3.51. The van der Waals surface area contributed by atoms with Crippen LogP contribution in [-0.2, 0) is 4.79 Å². The maximum absolute atomic E-state index is 12.7. The monoisotopic (exact) mass is 402 g/mol. The van der Waals surface area contributed by atoms with Crippen molar-refractivity contribution in [3.8, 4) is 0 Å². The summed E-state index contributed by atoms with van der Waals surface area (Å²) in [6.07, 6.45) is 0. The highest BCUT2D eigenvalue weighted by molar-refractivity contribution is 9.10. The lowest BCUT2D eigenvalue weighted by Gasteiger charge is -2.22. The molecule has 2 aromatic rings. The van der Waals surface area contributed by atoms with Crippen LogP contribution >= 0.6 is 15.9 Å². The van der Waals surface area contributed by atoms with Gasteiger partial charge in [0.25, 0.3) is 5.91 Å². The second-order valence-corrected chi connectivity index (χ2v) is 7.32. The van der Waals surface area contributed by atoms with Crippen molar-refractivity contribution in [2.24, 2.45) is 5.92 Å². The number of carbonyl (C=O) groups is 2. The molecule has 2 N–H and O–H groups in total. The average molecular weight is 403 g/mol. The summed E-state index contributed by atoms with van der Waals surface area (Å²) in [6, 6.07) is 12.3. The number of hydrogen-bond donors (Lipinski definition) is 2. The van der Waals surface area contributed by atoms with Crippen LogP contribution in [-0.4, -0.2) is 17.9 Å². The highest BCUT2D eigenvalue weighted by atomic mass is 79.9. The van der Waals surface area contributed by atoms with Crippen LogP contribution in [0.1, 0.15) is 35.3 Å². The Labute approximate surface area is 157 Å². The minimum atomic E-state index is -0.624. The molecule has 0 aromatic heterocycles. The first-order valence-electron chi connectivity index (χ1n) is 8.23. The Morgan fingerprint density at radius 2 is 1.68 bits per heavy atom. The van der Waals surface area contributed by atoms with E-state index in [1.807, 2.05) is 52.0 Å². The van der Waals surface area contributed by atoms with Crippen LogP contribution in [0, 0.1) is 19.8 Å². The van der Waals surface area contributed by atoms with Gasteiger partial charge in [0.05, 0.1) is 5.56 Å². The standard InChI is InChI=1S/C20H23BrN2O2/c1-12(2)18(23-19(24)16-7-5-6-8-17(16)21)20(25)22-15-10-9-13(3)14(4)11-15/h5-12,18H,1-4H3,(H,22,25)(H,23,24)/t18-/m0/s1. The van der Waals surface area contributed by atoms with Crippen molar-refractivity contribution < 1.29 is 9.59 Å². The maximum atomic E-state index is 12.7. The van der Waals surface area contributed by atoms with Crippen LogP contribution in [0.15, 0.2) is 46.9 Å². The third-order valence-corrected chi connectivity index (χ3v) is 4.82. The van der Waals surface area contributed by atoms with Gasteiger partial charge in [0, 0.05) is 10.2 Å². The first-order chi connectivity index (χ1) is 11.8. The highest BCUT2D eigenvalue weighted by Crippen LogP contribution is 2.18. The van der Waals surface area contributed by atoms with Gasteiger partial charge in [-0.05, 0) is 71.1 Å². The van der Waals surface area contributed by atoms with Crippen molar-refractivity contribution in [1.82, 2.24) is 5.32 Å². The topological polar surface area (TPSA) is 58.2 Å². The van der Waals surface area contributed by atoms with Gasteiger partial charge in [0.15, 0.2) is 0 Å². The summed E-state index contributed by atoms with van der Waals surface area (Å²) in [4.78, 5) is 25.2. The van der Waals surface area contributed by atoms with E-state index in [1.165, 1.54) is 5.56 Å². The summed E-state index contributed by atoms with van der Waals surface area (Å²) >= 11 is 3.37. The fourth-order valence-corrected chi connectivity index (χ4v) is 2.90. The molecule has 0 heterocycles. The molecular formula is C20H23BrN2O2. The lowest BCUT2D eigenvalue weighted by molar-refractivity contribution is -0.118. The molecule has 0 saturated heterocycles. The van der Waals surface area contributed by atoms with E-state index in [0.29, 0.717) is 10.0 Å². The Balaban J connectivity index is 2.14. The predicted octanol–water partition coefficient (Wildman–Crippen LogP) is 4.46. The lowest BCUT2D eigenvalue weighted by atomic mass is 10.0. The maximum Gasteiger partial charge on any atom is 0.253 e. The molecule has 132 valence electrons. The zero-order valence-electron chi connectivity index (χ0n) is 14.9. The number of aryl methyl sites for hydroxylation is 2. The van der Waals surface area contributed by atoms with Gasteiger partial charge in [0.2, 0.25) is 5.91 Å². The van der Waals surface area contributed by atoms with Crippen LogP contribution in [0.4, 0.5) is 5.69 Å². The van der Waals surface area contributed by atoms with Crippen LogP contribution in [0.25, 0.3) is 0 Å². The van der Waals surface area contributed by atoms with Gasteiger partial charge in [-0.25, -0.2) is 0 Å². The van der Waals surface area contributed by atoms with E-state index in [4.69, 9.17) is 0 Å². The van der Waals surface area contributed by atoms with Gasteiger partial charge in [-0.2, -0.15) is 0 Å². The van der Waals surface area contributed by atoms with Crippen molar-refractivity contribution in [1.29, 1.82) is 0 Å². The number of carbonyl (C=O) groups excluding carboxylic acids is 2. The van der Waals surface area contributed by atoms with Crippen LogP contribution in [0.5, 0.6) is 0 Å². The van der Waals surface area contributed by atoms with Gasteiger partial charge >= 0.3 is 0 Å². The number of amides is 2. The Morgan fingerprint density at radius 1 is 1.00 bits per heavy atom. The van der Waals surface area contributed by atoms with Crippen LogP contribution in [0.3, 0.4) is 0 Å². The summed E-state index contributed by atoms with van der Waals surface area (Å²) in [7, 11) is 0. The van der Waals surface area contributed by atoms with E-state index >= 15 is 0 Å². The average Bonchev–Trinajstić information content (AvgIpc) is 2.55. The SMILES string of the molecule is Cc1ccc(NC(=O)[C@@H](NC(=O)c2ccccc2Br)C(C)C)cc1C. The van der Waals surface area contributed by atoms with E-state index in [1.54, 1.807) is 18.2 Å². The van der Waals surface area contributed by atoms with Gasteiger partial charge in [-0.15, -0.1) is 0 Å². The Hall–Kier alpha value is -2.14. The van der Waals surface area contributed by atoms with Crippen molar-refractivity contribution >= 4 is 33.4 Å². The minimum absolute atomic E-state index is 0.0435. The number of halogens is 1. The molecule has 1 atom stereocenters. The fourth-order valence-electron chi connectivity index (χ4n) is 2.44. The number of anilines is 1. The van der Waals surface area contributed by atoms with Gasteiger partial charge < -0.3 is 10.6 Å². The predicted molar refractivity (Wildman–Crippen MR) is 105 cm³/mol. The molecule has 0 aliphatic carbocycles. The quantitative estimate of drug-likeness (QED) is 0.775. The van der Waals surface area contributed by atoms with Crippen molar-refractivity contribution in [2.75, 3.05) is 5.32 Å². The second-order valence-electron chi connectivity index (χ2n) is 6.46. The van der Waals surface area contributed by atoms with E-state index in [0.717, 1.165) is 11.3 Å². The Kier molecular flexibility index (Phi) is 6.37. The number of nitrogens with one attached hydrogen (secondary N) is 2. The zero-order valence-corrected chi connectivity index (χ0v) is 16.5. The Bertz CT molecular complexity index is 787. The molecule has 2 amide bonds. The zero-order chi connectivity index (χ0) is 18.6. The number of benzene rings is 2. The molecule has 0 unspecified atom stereocenters. The summed E-state index contributed by atoms with van der Waals surface area (Å²) < 4.78 is 0.699. The molecule has 0 radical (unpaired) electrons. The van der Waals surface area contributed by atoms with Gasteiger partial charge in [0.1, 0.15) is 6.04 Å². The molecule has 0 fully saturated rings. The normalized spacial score (nSPS) is 11.9. The summed E-state index contributed by atoms with van der Waals surface area (Å²) in [6.45, 7) is 7.84. The number of rotatable bonds is 5. The lowest BCUT2D eigenvalue weighted by Crippen LogP contribution is -2.47. The van der Waals surface area contributed by atoms with E-state index < -0.39 is 6.04 Å². The molecule has 2 rings (SSSR count). The fraction of sp³-hybridized carbons (Fsp3) is 0.300. The van der Waals surface area contributed by atoms with Crippen LogP contribution in [0.2, 0.25) is 0 Å². The summed E-state index contributed by atoms with van der Waals surface area (Å²) in [5, 5.41) is 5.74. The molecule has 0 aliphatic rings. The first-order valence-corrected chi connectivity index (χ1v) is 9.02. The molecule has 0 bridgehead atoms. The molecule has 25 heavy (non-hydrogen) atoms. The van der Waals surface area contributed by atoms with Crippen molar-refractivity contribution in [3.63, 3.8) is 0 Å². The summed E-state index contributed by atoms with van der Waals surface area (Å²) in [5.74, 6) is -0.543. The van der Waals surface area contributed by atoms with Crippen molar-refractivity contribution in [2.45, 2.75) is 33.7 Å². The second kappa shape index (κ2) is 8.30. The largest absolute Gasteiger partial charge is 0.340 e. The Morgan fingerprint density at radius 3 is 2.28 bits per heavy atom. The van der Waals surface area contributed by atoms with Crippen LogP contribution < -0.4 is 10.6 Å². The van der Waals surface area contributed by atoms with Crippen molar-refractivity contribution in [3.05, 3.63) is 63.6 Å². The molecule has 0 saturated carbocycles. The minimum Gasteiger partial charge on any atom is -0.340 e. The molecular weight excluding hydrogens is 380 g/mol. The van der Waals surface area contributed by atoms with E-state index in [-0.39, 0.29) is 17.7 Å². The third kappa shape index (κ3) is 4.92. The third-order valence-electron chi connectivity index (χ3n) is 4.13. The smallest absolute Gasteiger partial charge is 0.253 e. The first kappa shape index (κ1) is 19.2. The molecule has 2 aromatic carbocycles. The van der Waals surface area contributed by atoms with E-state index in [2.05, 4.69) is 26.6 Å². The van der Waals surface area contributed by atoms with Gasteiger partial charge in [-0.3, -0.25) is 9.59 Å². The highest BCUT2D eigenvalue weighted by Gasteiger charge is 2.25. The van der Waals surface area contributed by atoms with E-state index in [9.17, 15) is 9.59 Å². The molecule has 0 aliphatic heterocycles. The number of hydrogen-bond acceptors (Lipinski definition) is 2. The molecule has 4 nitrogen and oxygen atoms in total. The van der Waals surface area contributed by atoms with Gasteiger partial charge in [-0.1, -0.05) is 32.0 Å². The molecule has 0 spiro atoms.